The highest BCUT2D eigenvalue weighted by Crippen LogP contribution is 2.33. The van der Waals surface area contributed by atoms with E-state index in [0.717, 1.165) is 30.9 Å². The van der Waals surface area contributed by atoms with Gasteiger partial charge in [0.1, 0.15) is 6.26 Å². The van der Waals surface area contributed by atoms with Gasteiger partial charge in [0.15, 0.2) is 0 Å². The molecule has 134 valence electrons. The molecule has 0 spiro atoms. The highest BCUT2D eigenvalue weighted by atomic mass is 16.5. The molecule has 0 N–H and O–H groups in total. The molecule has 0 atom stereocenters. The summed E-state index contributed by atoms with van der Waals surface area (Å²) in [5.74, 6) is 1.99. The van der Waals surface area contributed by atoms with Gasteiger partial charge in [-0.1, -0.05) is 24.4 Å². The van der Waals surface area contributed by atoms with E-state index >= 15 is 0 Å². The van der Waals surface area contributed by atoms with Gasteiger partial charge in [-0.2, -0.15) is 4.98 Å². The summed E-state index contributed by atoms with van der Waals surface area (Å²) in [6, 6.07) is 2.23. The van der Waals surface area contributed by atoms with Crippen molar-refractivity contribution in [1.29, 1.82) is 0 Å². The second-order valence-electron chi connectivity index (χ2n) is 7.31. The first kappa shape index (κ1) is 16.4. The molecule has 6 nitrogen and oxygen atoms in total. The molecule has 2 aromatic heterocycles. The van der Waals surface area contributed by atoms with Gasteiger partial charge >= 0.3 is 0 Å². The first-order valence-electron chi connectivity index (χ1n) is 9.44. The fraction of sp³-hybridized carbons (Fsp3) is 0.632. The molecule has 0 bridgehead atoms. The van der Waals surface area contributed by atoms with Gasteiger partial charge in [0.05, 0.1) is 11.8 Å². The Morgan fingerprint density at radius 3 is 2.76 bits per heavy atom. The Bertz CT molecular complexity index is 685. The van der Waals surface area contributed by atoms with E-state index in [9.17, 15) is 4.79 Å². The number of carbonyl (C=O) groups excluding carboxylic acids is 1. The predicted octanol–water partition coefficient (Wildman–Crippen LogP) is 3.83. The number of aromatic nitrogens is 2. The maximum absolute atomic E-state index is 12.8. The fourth-order valence-corrected chi connectivity index (χ4v) is 3.65. The van der Waals surface area contributed by atoms with Crippen molar-refractivity contribution in [2.24, 2.45) is 5.92 Å². The summed E-state index contributed by atoms with van der Waals surface area (Å²) >= 11 is 0. The van der Waals surface area contributed by atoms with Gasteiger partial charge in [-0.05, 0) is 37.7 Å². The zero-order valence-corrected chi connectivity index (χ0v) is 14.5. The molecule has 25 heavy (non-hydrogen) atoms. The van der Waals surface area contributed by atoms with Crippen LogP contribution < -0.4 is 0 Å². The summed E-state index contributed by atoms with van der Waals surface area (Å²) in [6.45, 7) is 0.938. The minimum atomic E-state index is 0.238. The standard InChI is InChI=1S/C19H25N3O3/c23-18(22(12-14-6-7-14)16-4-2-1-3-5-16)9-8-17-20-19(21-25-17)15-10-11-24-13-15/h10-11,13-14,16H,1-9,12H2. The molecule has 2 aliphatic carbocycles. The molecule has 2 heterocycles. The molecular weight excluding hydrogens is 318 g/mol. The minimum absolute atomic E-state index is 0.238. The fourth-order valence-electron chi connectivity index (χ4n) is 3.65. The number of aryl methyl sites for hydroxylation is 1. The molecule has 0 aliphatic heterocycles. The van der Waals surface area contributed by atoms with Crippen LogP contribution in [0, 0.1) is 5.92 Å². The average molecular weight is 343 g/mol. The molecule has 0 saturated heterocycles. The van der Waals surface area contributed by atoms with Gasteiger partial charge in [-0.25, -0.2) is 0 Å². The van der Waals surface area contributed by atoms with Gasteiger partial charge in [0.2, 0.25) is 17.6 Å². The topological polar surface area (TPSA) is 72.4 Å². The number of rotatable bonds is 7. The van der Waals surface area contributed by atoms with Crippen molar-refractivity contribution < 1.29 is 13.7 Å². The first-order valence-corrected chi connectivity index (χ1v) is 9.44. The van der Waals surface area contributed by atoms with Gasteiger partial charge < -0.3 is 13.8 Å². The van der Waals surface area contributed by atoms with E-state index < -0.39 is 0 Å². The predicted molar refractivity (Wildman–Crippen MR) is 91.6 cm³/mol. The number of hydrogen-bond donors (Lipinski definition) is 0. The third-order valence-corrected chi connectivity index (χ3v) is 5.29. The quantitative estimate of drug-likeness (QED) is 0.764. The number of amides is 1. The Kier molecular flexibility index (Phi) is 4.85. The van der Waals surface area contributed by atoms with E-state index in [-0.39, 0.29) is 5.91 Å². The Hall–Kier alpha value is -2.11. The molecule has 2 fully saturated rings. The van der Waals surface area contributed by atoms with Gasteiger partial charge in [0, 0.05) is 25.4 Å². The number of carbonyl (C=O) groups is 1. The Morgan fingerprint density at radius 2 is 2.04 bits per heavy atom. The summed E-state index contributed by atoms with van der Waals surface area (Å²) in [5.41, 5.74) is 0.791. The van der Waals surface area contributed by atoms with Gasteiger partial charge in [-0.15, -0.1) is 0 Å². The summed E-state index contributed by atoms with van der Waals surface area (Å²) < 4.78 is 10.3. The molecule has 6 heteroatoms. The molecule has 4 rings (SSSR count). The van der Waals surface area contributed by atoms with Crippen LogP contribution in [0.15, 0.2) is 27.5 Å². The molecule has 1 amide bonds. The van der Waals surface area contributed by atoms with Crippen LogP contribution in [0.2, 0.25) is 0 Å². The maximum Gasteiger partial charge on any atom is 0.227 e. The largest absolute Gasteiger partial charge is 0.472 e. The van der Waals surface area contributed by atoms with Crippen molar-refractivity contribution in [1.82, 2.24) is 15.0 Å². The molecule has 2 aromatic rings. The molecular formula is C19H25N3O3. The lowest BCUT2D eigenvalue weighted by atomic mass is 9.93. The van der Waals surface area contributed by atoms with Crippen LogP contribution >= 0.6 is 0 Å². The van der Waals surface area contributed by atoms with E-state index in [1.807, 2.05) is 0 Å². The Balaban J connectivity index is 1.35. The second-order valence-corrected chi connectivity index (χ2v) is 7.31. The zero-order valence-electron chi connectivity index (χ0n) is 14.5. The monoisotopic (exact) mass is 343 g/mol. The van der Waals surface area contributed by atoms with Crippen molar-refractivity contribution in [2.45, 2.75) is 63.8 Å². The molecule has 0 unspecified atom stereocenters. The van der Waals surface area contributed by atoms with Crippen LogP contribution in [0.1, 0.15) is 57.3 Å². The van der Waals surface area contributed by atoms with E-state index in [0.29, 0.717) is 30.6 Å². The molecule has 0 radical (unpaired) electrons. The summed E-state index contributed by atoms with van der Waals surface area (Å²) in [5, 5.41) is 3.96. The summed E-state index contributed by atoms with van der Waals surface area (Å²) in [7, 11) is 0. The number of nitrogens with zero attached hydrogens (tertiary/aromatic N) is 3. The van der Waals surface area contributed by atoms with Crippen molar-refractivity contribution in [3.8, 4) is 11.4 Å². The highest BCUT2D eigenvalue weighted by Gasteiger charge is 2.31. The molecule has 2 aliphatic rings. The van der Waals surface area contributed by atoms with E-state index in [1.54, 1.807) is 18.6 Å². The highest BCUT2D eigenvalue weighted by molar-refractivity contribution is 5.76. The van der Waals surface area contributed by atoms with Gasteiger partial charge in [-0.3, -0.25) is 4.79 Å². The average Bonchev–Trinajstić information content (AvgIpc) is 3.11. The molecule has 2 saturated carbocycles. The lowest BCUT2D eigenvalue weighted by Gasteiger charge is -2.34. The van der Waals surface area contributed by atoms with E-state index in [1.165, 1.54) is 32.1 Å². The van der Waals surface area contributed by atoms with Crippen LogP contribution in [-0.4, -0.2) is 33.5 Å². The van der Waals surface area contributed by atoms with Crippen LogP contribution in [0.25, 0.3) is 11.4 Å². The maximum atomic E-state index is 12.8. The summed E-state index contributed by atoms with van der Waals surface area (Å²) in [6.07, 6.45) is 12.8. The van der Waals surface area contributed by atoms with Crippen molar-refractivity contribution in [3.05, 3.63) is 24.5 Å². The van der Waals surface area contributed by atoms with Crippen molar-refractivity contribution in [3.63, 3.8) is 0 Å². The Labute approximate surface area is 147 Å². The smallest absolute Gasteiger partial charge is 0.227 e. The van der Waals surface area contributed by atoms with Crippen molar-refractivity contribution >= 4 is 5.91 Å². The minimum Gasteiger partial charge on any atom is -0.472 e. The zero-order chi connectivity index (χ0) is 17.1. The SMILES string of the molecule is O=C(CCc1nc(-c2ccoc2)no1)N(CC1CC1)C1CCCCC1. The summed E-state index contributed by atoms with van der Waals surface area (Å²) in [4.78, 5) is 19.4. The van der Waals surface area contributed by atoms with Crippen LogP contribution in [-0.2, 0) is 11.2 Å². The Morgan fingerprint density at radius 1 is 1.20 bits per heavy atom. The van der Waals surface area contributed by atoms with Crippen LogP contribution in [0.5, 0.6) is 0 Å². The lowest BCUT2D eigenvalue weighted by molar-refractivity contribution is -0.134. The number of furan rings is 1. The second kappa shape index (κ2) is 7.42. The molecule has 0 aromatic carbocycles. The van der Waals surface area contributed by atoms with Crippen LogP contribution in [0.3, 0.4) is 0 Å². The van der Waals surface area contributed by atoms with Crippen molar-refractivity contribution in [2.75, 3.05) is 6.54 Å². The third kappa shape index (κ3) is 4.11. The normalized spacial score (nSPS) is 18.4. The lowest BCUT2D eigenvalue weighted by Crippen LogP contribution is -2.42. The van der Waals surface area contributed by atoms with E-state index in [4.69, 9.17) is 8.94 Å². The van der Waals surface area contributed by atoms with Crippen LogP contribution in [0.4, 0.5) is 0 Å². The van der Waals surface area contributed by atoms with E-state index in [2.05, 4.69) is 15.0 Å². The third-order valence-electron chi connectivity index (χ3n) is 5.29. The van der Waals surface area contributed by atoms with Gasteiger partial charge in [0.25, 0.3) is 0 Å². The number of hydrogen-bond acceptors (Lipinski definition) is 5. The first-order chi connectivity index (χ1) is 12.3.